The molecule has 1 heterocycles. The van der Waals surface area contributed by atoms with Gasteiger partial charge in [0.05, 0.1) is 0 Å². The molecule has 2 rings (SSSR count). The minimum atomic E-state index is -0.994. The van der Waals surface area contributed by atoms with Crippen LogP contribution in [0, 0.1) is 0 Å². The van der Waals surface area contributed by atoms with Crippen LogP contribution in [0.3, 0.4) is 0 Å². The Bertz CT molecular complexity index is 606. The molecule has 1 atom stereocenters. The molecule has 0 fully saturated rings. The number of hydrogen-bond donors (Lipinski definition) is 2. The molecule has 0 aliphatic rings. The van der Waals surface area contributed by atoms with Crippen LogP contribution in [0.1, 0.15) is 30.1 Å². The third kappa shape index (κ3) is 3.12. The van der Waals surface area contributed by atoms with Crippen molar-refractivity contribution >= 4 is 33.3 Å². The molecule has 100 valence electrons. The molecule has 0 saturated heterocycles. The third-order valence-corrected chi connectivity index (χ3v) is 3.79. The van der Waals surface area contributed by atoms with Crippen molar-refractivity contribution < 1.29 is 14.7 Å². The molecule has 19 heavy (non-hydrogen) atoms. The van der Waals surface area contributed by atoms with Gasteiger partial charge in [-0.05, 0) is 41.5 Å². The van der Waals surface area contributed by atoms with E-state index >= 15 is 0 Å². The minimum Gasteiger partial charge on any atom is -0.480 e. The Kier molecular flexibility index (Phi) is 4.16. The summed E-state index contributed by atoms with van der Waals surface area (Å²) in [5.74, 6) is -1.33. The number of fused-ring (bicyclic) bond motifs is 1. The zero-order valence-corrected chi connectivity index (χ0v) is 11.4. The van der Waals surface area contributed by atoms with Gasteiger partial charge in [0.1, 0.15) is 6.04 Å². The summed E-state index contributed by atoms with van der Waals surface area (Å²) < 4.78 is 1.11. The first-order valence-electron chi connectivity index (χ1n) is 6.12. The van der Waals surface area contributed by atoms with Gasteiger partial charge in [0.2, 0.25) is 0 Å². The van der Waals surface area contributed by atoms with Crippen LogP contribution in [-0.2, 0) is 4.79 Å². The maximum absolute atomic E-state index is 12.0. The lowest BCUT2D eigenvalue weighted by atomic mass is 10.1. The molecule has 4 nitrogen and oxygen atoms in total. The normalized spacial score (nSPS) is 12.3. The van der Waals surface area contributed by atoms with Crippen molar-refractivity contribution in [3.63, 3.8) is 0 Å². The second-order valence-corrected chi connectivity index (χ2v) is 5.27. The Hall–Kier alpha value is -1.88. The predicted molar refractivity (Wildman–Crippen MR) is 75.6 cm³/mol. The number of carboxylic acid groups (broad SMARTS) is 1. The minimum absolute atomic E-state index is 0.339. The molecular formula is C14H15NO3S. The number of thiophene rings is 1. The molecular weight excluding hydrogens is 262 g/mol. The van der Waals surface area contributed by atoms with Crippen molar-refractivity contribution in [2.75, 3.05) is 0 Å². The van der Waals surface area contributed by atoms with E-state index in [-0.39, 0.29) is 5.91 Å². The summed E-state index contributed by atoms with van der Waals surface area (Å²) in [4.78, 5) is 23.0. The summed E-state index contributed by atoms with van der Waals surface area (Å²) in [6.07, 6.45) is 1.14. The van der Waals surface area contributed by atoms with Gasteiger partial charge in [-0.25, -0.2) is 4.79 Å². The number of carbonyl (C=O) groups is 2. The highest BCUT2D eigenvalue weighted by Gasteiger charge is 2.19. The van der Waals surface area contributed by atoms with Gasteiger partial charge in [-0.3, -0.25) is 4.79 Å². The summed E-state index contributed by atoms with van der Waals surface area (Å²) >= 11 is 1.61. The van der Waals surface area contributed by atoms with Gasteiger partial charge >= 0.3 is 5.97 Å². The van der Waals surface area contributed by atoms with Gasteiger partial charge in [-0.15, -0.1) is 11.3 Å². The van der Waals surface area contributed by atoms with Crippen molar-refractivity contribution in [1.29, 1.82) is 0 Å². The Balaban J connectivity index is 2.16. The fourth-order valence-electron chi connectivity index (χ4n) is 1.90. The van der Waals surface area contributed by atoms with Crippen LogP contribution in [0.5, 0.6) is 0 Å². The molecule has 1 unspecified atom stereocenters. The third-order valence-electron chi connectivity index (χ3n) is 2.90. The van der Waals surface area contributed by atoms with Crippen molar-refractivity contribution in [3.05, 3.63) is 35.2 Å². The topological polar surface area (TPSA) is 66.4 Å². The van der Waals surface area contributed by atoms with Crippen LogP contribution >= 0.6 is 11.3 Å². The van der Waals surface area contributed by atoms with Gasteiger partial charge < -0.3 is 10.4 Å². The lowest BCUT2D eigenvalue weighted by molar-refractivity contribution is -0.139. The van der Waals surface area contributed by atoms with Crippen LogP contribution in [0.25, 0.3) is 10.1 Å². The van der Waals surface area contributed by atoms with Crippen molar-refractivity contribution in [2.24, 2.45) is 0 Å². The number of carboxylic acids is 1. The monoisotopic (exact) mass is 277 g/mol. The molecule has 0 aliphatic carbocycles. The lowest BCUT2D eigenvalue weighted by Gasteiger charge is -2.13. The Labute approximate surface area is 115 Å². The second kappa shape index (κ2) is 5.84. The van der Waals surface area contributed by atoms with Gasteiger partial charge in [0.15, 0.2) is 0 Å². The van der Waals surface area contributed by atoms with E-state index in [1.807, 2.05) is 24.4 Å². The smallest absolute Gasteiger partial charge is 0.326 e. The summed E-state index contributed by atoms with van der Waals surface area (Å²) in [6, 6.07) is 6.50. The lowest BCUT2D eigenvalue weighted by Crippen LogP contribution is -2.40. The number of carbonyl (C=O) groups excluding carboxylic acids is 1. The van der Waals surface area contributed by atoms with Gasteiger partial charge in [-0.2, -0.15) is 0 Å². The average molecular weight is 277 g/mol. The molecule has 2 N–H and O–H groups in total. The predicted octanol–water partition coefficient (Wildman–Crippen LogP) is 2.88. The molecule has 1 aromatic heterocycles. The molecule has 0 bridgehead atoms. The number of rotatable bonds is 5. The highest BCUT2D eigenvalue weighted by Crippen LogP contribution is 2.21. The van der Waals surface area contributed by atoms with Crippen molar-refractivity contribution in [3.8, 4) is 0 Å². The number of amides is 1. The summed E-state index contributed by atoms with van der Waals surface area (Å²) in [5, 5.41) is 14.5. The van der Waals surface area contributed by atoms with Crippen LogP contribution in [0.15, 0.2) is 29.6 Å². The van der Waals surface area contributed by atoms with Crippen LogP contribution in [0.4, 0.5) is 0 Å². The van der Waals surface area contributed by atoms with Gasteiger partial charge in [0.25, 0.3) is 5.91 Å². The van der Waals surface area contributed by atoms with E-state index in [2.05, 4.69) is 5.32 Å². The quantitative estimate of drug-likeness (QED) is 0.883. The first-order valence-corrected chi connectivity index (χ1v) is 7.00. The zero-order valence-electron chi connectivity index (χ0n) is 10.6. The number of hydrogen-bond acceptors (Lipinski definition) is 3. The first kappa shape index (κ1) is 13.5. The second-order valence-electron chi connectivity index (χ2n) is 4.33. The first-order chi connectivity index (χ1) is 9.11. The summed E-state index contributed by atoms with van der Waals surface area (Å²) in [7, 11) is 0. The van der Waals surface area contributed by atoms with E-state index in [1.165, 1.54) is 0 Å². The molecule has 5 heteroatoms. The van der Waals surface area contributed by atoms with Crippen LogP contribution in [0.2, 0.25) is 0 Å². The maximum atomic E-state index is 12.0. The van der Waals surface area contributed by atoms with E-state index in [1.54, 1.807) is 23.5 Å². The number of aliphatic carboxylic acids is 1. The molecule has 0 spiro atoms. The maximum Gasteiger partial charge on any atom is 0.326 e. The van der Waals surface area contributed by atoms with Gasteiger partial charge in [-0.1, -0.05) is 13.3 Å². The summed E-state index contributed by atoms with van der Waals surface area (Å²) in [6.45, 7) is 1.89. The largest absolute Gasteiger partial charge is 0.480 e. The molecule has 0 radical (unpaired) electrons. The van der Waals surface area contributed by atoms with E-state index in [9.17, 15) is 9.59 Å². The zero-order chi connectivity index (χ0) is 13.8. The molecule has 1 amide bonds. The SMILES string of the molecule is CCCC(NC(=O)c1ccc2sccc2c1)C(=O)O. The van der Waals surface area contributed by atoms with Gasteiger partial charge in [0, 0.05) is 10.3 Å². The standard InChI is InChI=1S/C14H15NO3S/c1-2-3-11(14(17)18)15-13(16)10-4-5-12-9(8-10)6-7-19-12/h4-8,11H,2-3H2,1H3,(H,15,16)(H,17,18). The number of nitrogens with one attached hydrogen (secondary N) is 1. The van der Waals surface area contributed by atoms with E-state index in [0.717, 1.165) is 10.1 Å². The fraction of sp³-hybridized carbons (Fsp3) is 0.286. The van der Waals surface area contributed by atoms with E-state index < -0.39 is 12.0 Å². The van der Waals surface area contributed by atoms with Crippen molar-refractivity contribution in [2.45, 2.75) is 25.8 Å². The Morgan fingerprint density at radius 3 is 2.84 bits per heavy atom. The van der Waals surface area contributed by atoms with E-state index in [4.69, 9.17) is 5.11 Å². The highest BCUT2D eigenvalue weighted by atomic mass is 32.1. The Morgan fingerprint density at radius 1 is 1.37 bits per heavy atom. The van der Waals surface area contributed by atoms with Crippen molar-refractivity contribution in [1.82, 2.24) is 5.32 Å². The molecule has 0 saturated carbocycles. The highest BCUT2D eigenvalue weighted by molar-refractivity contribution is 7.17. The van der Waals surface area contributed by atoms with Crippen LogP contribution < -0.4 is 5.32 Å². The Morgan fingerprint density at radius 2 is 2.16 bits per heavy atom. The molecule has 2 aromatic rings. The molecule has 1 aromatic carbocycles. The van der Waals surface area contributed by atoms with Crippen LogP contribution in [-0.4, -0.2) is 23.0 Å². The fourth-order valence-corrected chi connectivity index (χ4v) is 2.67. The summed E-state index contributed by atoms with van der Waals surface area (Å²) in [5.41, 5.74) is 0.494. The number of benzene rings is 1. The van der Waals surface area contributed by atoms with E-state index in [0.29, 0.717) is 18.4 Å². The molecule has 0 aliphatic heterocycles. The average Bonchev–Trinajstić information content (AvgIpc) is 2.85.